The van der Waals surface area contributed by atoms with Gasteiger partial charge in [0, 0.05) is 41.7 Å². The van der Waals surface area contributed by atoms with Gasteiger partial charge in [0.25, 0.3) is 0 Å². The second-order valence-corrected chi connectivity index (χ2v) is 14.4. The van der Waals surface area contributed by atoms with Crippen LogP contribution in [0.2, 0.25) is 0 Å². The second-order valence-electron chi connectivity index (χ2n) is 14.4. The zero-order valence-electron chi connectivity index (χ0n) is 23.8. The summed E-state index contributed by atoms with van der Waals surface area (Å²) in [4.78, 5) is 25.5. The summed E-state index contributed by atoms with van der Waals surface area (Å²) in [5.41, 5.74) is 2.56. The Morgan fingerprint density at radius 3 is 2.55 bits per heavy atom. The average Bonchev–Trinajstić information content (AvgIpc) is 3.49. The van der Waals surface area contributed by atoms with E-state index in [4.69, 9.17) is 9.51 Å². The van der Waals surface area contributed by atoms with Crippen molar-refractivity contribution in [2.75, 3.05) is 11.4 Å². The molecule has 0 spiro atoms. The lowest BCUT2D eigenvalue weighted by atomic mass is 9.41. The Kier molecular flexibility index (Phi) is 5.03. The molecule has 4 aromatic rings. The average molecular weight is 567 g/mol. The highest BCUT2D eigenvalue weighted by Gasteiger charge is 2.69. The first-order valence-electron chi connectivity index (χ1n) is 15.6. The summed E-state index contributed by atoms with van der Waals surface area (Å²) in [7, 11) is 0. The van der Waals surface area contributed by atoms with Crippen LogP contribution in [0.1, 0.15) is 94.7 Å². The third-order valence-electron chi connectivity index (χ3n) is 11.4. The van der Waals surface area contributed by atoms with E-state index in [9.17, 15) is 9.18 Å². The number of halogens is 1. The zero-order valence-corrected chi connectivity index (χ0v) is 23.8. The van der Waals surface area contributed by atoms with E-state index in [0.717, 1.165) is 72.7 Å². The summed E-state index contributed by atoms with van der Waals surface area (Å²) in [5.74, 6) is 2.34. The molecule has 7 aliphatic rings. The van der Waals surface area contributed by atoms with Crippen LogP contribution in [0.25, 0.3) is 16.8 Å². The number of benzene rings is 1. The van der Waals surface area contributed by atoms with Crippen LogP contribution in [-0.2, 0) is 10.2 Å². The number of fused-ring (bicyclic) bond motifs is 4. The molecule has 7 fully saturated rings. The lowest BCUT2D eigenvalue weighted by molar-refractivity contribution is -0.215. The monoisotopic (exact) mass is 566 g/mol. The Morgan fingerprint density at radius 2 is 1.81 bits per heavy atom. The fraction of sp³-hybridized carbons (Fsp3) is 0.545. The number of hydrogen-bond acceptors (Lipinski definition) is 6. The smallest absolute Gasteiger partial charge is 0.232 e. The number of amides is 1. The normalized spacial score (nSPS) is 32.9. The van der Waals surface area contributed by atoms with Crippen molar-refractivity contribution in [2.24, 2.45) is 10.8 Å². The Morgan fingerprint density at radius 1 is 1.02 bits per heavy atom. The molecule has 4 bridgehead atoms. The van der Waals surface area contributed by atoms with Gasteiger partial charge >= 0.3 is 0 Å². The van der Waals surface area contributed by atoms with Gasteiger partial charge in [-0.05, 0) is 111 Å². The molecule has 0 atom stereocenters. The van der Waals surface area contributed by atoms with Gasteiger partial charge in [0.05, 0.1) is 0 Å². The standard InChI is InChI=1S/C33H35FN6O2/c34-33-17-31(18-33,19-33)16-26(41)39(24-4-1-3-23(15-24)25-5-2-14-40-28(25)35-21-36-40)20-30-8-11-32(12-9-30,13-10-30)29-37-27(38-42-29)22-6-7-22/h1-5,14-15,21-22H,6-13,16-20H2. The summed E-state index contributed by atoms with van der Waals surface area (Å²) >= 11 is 0. The van der Waals surface area contributed by atoms with E-state index in [1.807, 2.05) is 29.3 Å². The van der Waals surface area contributed by atoms with Gasteiger partial charge in [-0.3, -0.25) is 4.79 Å². The number of aromatic nitrogens is 5. The van der Waals surface area contributed by atoms with Gasteiger partial charge in [0.2, 0.25) is 11.8 Å². The predicted molar refractivity (Wildman–Crippen MR) is 154 cm³/mol. The number of rotatable bonds is 8. The van der Waals surface area contributed by atoms with Gasteiger partial charge < -0.3 is 9.42 Å². The molecule has 7 saturated carbocycles. The van der Waals surface area contributed by atoms with Gasteiger partial charge in [-0.2, -0.15) is 10.1 Å². The van der Waals surface area contributed by atoms with Crippen LogP contribution in [0, 0.1) is 10.8 Å². The lowest BCUT2D eigenvalue weighted by Gasteiger charge is -2.66. The zero-order chi connectivity index (χ0) is 28.2. The van der Waals surface area contributed by atoms with Crippen molar-refractivity contribution in [1.29, 1.82) is 0 Å². The molecule has 0 saturated heterocycles. The summed E-state index contributed by atoms with van der Waals surface area (Å²) < 4.78 is 22.0. The number of pyridine rings is 1. The van der Waals surface area contributed by atoms with Crippen LogP contribution >= 0.6 is 0 Å². The largest absolute Gasteiger partial charge is 0.339 e. The van der Waals surface area contributed by atoms with Crippen molar-refractivity contribution >= 4 is 17.2 Å². The van der Waals surface area contributed by atoms with Crippen molar-refractivity contribution < 1.29 is 13.7 Å². The van der Waals surface area contributed by atoms with Crippen molar-refractivity contribution in [1.82, 2.24) is 24.7 Å². The molecule has 1 amide bonds. The maximum absolute atomic E-state index is 14.4. The van der Waals surface area contributed by atoms with Crippen LogP contribution in [0.3, 0.4) is 0 Å². The third-order valence-corrected chi connectivity index (χ3v) is 11.4. The summed E-state index contributed by atoms with van der Waals surface area (Å²) in [6, 6.07) is 12.3. The first-order chi connectivity index (χ1) is 20.3. The molecular formula is C33H35FN6O2. The van der Waals surface area contributed by atoms with Gasteiger partial charge in [0.1, 0.15) is 12.0 Å². The van der Waals surface area contributed by atoms with Crippen LogP contribution in [0.5, 0.6) is 0 Å². The minimum Gasteiger partial charge on any atom is -0.339 e. The van der Waals surface area contributed by atoms with E-state index in [1.165, 1.54) is 12.8 Å². The van der Waals surface area contributed by atoms with Gasteiger partial charge in [0.15, 0.2) is 11.5 Å². The number of alkyl halides is 1. The minimum atomic E-state index is -1.01. The third kappa shape index (κ3) is 3.81. The molecule has 1 aromatic carbocycles. The lowest BCUT2D eigenvalue weighted by Crippen LogP contribution is -2.65. The van der Waals surface area contributed by atoms with E-state index in [-0.39, 0.29) is 22.2 Å². The van der Waals surface area contributed by atoms with Crippen LogP contribution in [0.15, 0.2) is 53.4 Å². The molecule has 8 nitrogen and oxygen atoms in total. The highest BCUT2D eigenvalue weighted by atomic mass is 19.1. The molecule has 0 aliphatic heterocycles. The van der Waals surface area contributed by atoms with E-state index >= 15 is 0 Å². The Labute approximate surface area is 243 Å². The van der Waals surface area contributed by atoms with Crippen molar-refractivity contribution in [3.63, 3.8) is 0 Å². The van der Waals surface area contributed by atoms with E-state index in [0.29, 0.717) is 38.1 Å². The highest BCUT2D eigenvalue weighted by molar-refractivity contribution is 5.95. The van der Waals surface area contributed by atoms with Crippen molar-refractivity contribution in [3.8, 4) is 11.1 Å². The molecule has 9 heteroatoms. The molecule has 0 N–H and O–H groups in total. The molecule has 216 valence electrons. The van der Waals surface area contributed by atoms with E-state index < -0.39 is 5.67 Å². The number of nitrogens with zero attached hydrogens (tertiary/aromatic N) is 6. The minimum absolute atomic E-state index is 0.0190. The molecule has 0 radical (unpaired) electrons. The number of hydrogen-bond donors (Lipinski definition) is 0. The molecule has 7 aliphatic carbocycles. The fourth-order valence-corrected chi connectivity index (χ4v) is 8.82. The first-order valence-corrected chi connectivity index (χ1v) is 15.6. The maximum atomic E-state index is 14.4. The summed E-state index contributed by atoms with van der Waals surface area (Å²) in [6.45, 7) is 0.689. The second kappa shape index (κ2) is 8.48. The van der Waals surface area contributed by atoms with Crippen LogP contribution < -0.4 is 4.90 Å². The number of carbonyl (C=O) groups excluding carboxylic acids is 1. The quantitative estimate of drug-likeness (QED) is 0.240. The molecule has 42 heavy (non-hydrogen) atoms. The summed E-state index contributed by atoms with van der Waals surface area (Å²) in [6.07, 6.45) is 14.0. The number of anilines is 1. The van der Waals surface area contributed by atoms with Crippen molar-refractivity contribution in [3.05, 3.63) is 60.6 Å². The van der Waals surface area contributed by atoms with Gasteiger partial charge in [-0.15, -0.1) is 0 Å². The summed E-state index contributed by atoms with van der Waals surface area (Å²) in [5, 5.41) is 8.62. The Balaban J connectivity index is 1.01. The molecule has 0 unspecified atom stereocenters. The Hall–Kier alpha value is -3.62. The SMILES string of the molecule is O=C(CC12CC(F)(C1)C2)N(CC12CCC(c3nc(C4CC4)no3)(CC1)CC2)c1cccc(-c2cccn3ncnc23)c1. The predicted octanol–water partition coefficient (Wildman–Crippen LogP) is 6.56. The Bertz CT molecular complexity index is 1680. The molecule has 11 rings (SSSR count). The van der Waals surface area contributed by atoms with Crippen molar-refractivity contribution in [2.45, 2.75) is 94.1 Å². The van der Waals surface area contributed by atoms with E-state index in [1.54, 1.807) is 10.8 Å². The van der Waals surface area contributed by atoms with Crippen LogP contribution in [0.4, 0.5) is 10.1 Å². The first kappa shape index (κ1) is 24.9. The fourth-order valence-electron chi connectivity index (χ4n) is 8.82. The number of carbonyl (C=O) groups is 1. The van der Waals surface area contributed by atoms with Gasteiger partial charge in [-0.1, -0.05) is 17.3 Å². The topological polar surface area (TPSA) is 89.4 Å². The molecule has 3 aromatic heterocycles. The highest BCUT2D eigenvalue weighted by Crippen LogP contribution is 2.71. The van der Waals surface area contributed by atoms with Crippen LogP contribution in [-0.4, -0.2) is 42.9 Å². The molecular weight excluding hydrogens is 531 g/mol. The van der Waals surface area contributed by atoms with E-state index in [2.05, 4.69) is 33.4 Å². The molecule has 3 heterocycles. The van der Waals surface area contributed by atoms with Gasteiger partial charge in [-0.25, -0.2) is 13.9 Å². The maximum Gasteiger partial charge on any atom is 0.232 e.